The number of carbonyl (C=O) groups is 2. The van der Waals surface area contributed by atoms with Crippen LogP contribution in [-0.2, 0) is 9.47 Å². The van der Waals surface area contributed by atoms with Crippen molar-refractivity contribution in [3.63, 3.8) is 0 Å². The molecule has 0 aliphatic carbocycles. The lowest BCUT2D eigenvalue weighted by Crippen LogP contribution is -2.46. The number of piperidine rings is 1. The summed E-state index contributed by atoms with van der Waals surface area (Å²) in [6, 6.07) is 2.80. The lowest BCUT2D eigenvalue weighted by atomic mass is 9.90. The minimum absolute atomic E-state index is 0.0604. The molecule has 0 saturated carbocycles. The van der Waals surface area contributed by atoms with Gasteiger partial charge < -0.3 is 24.4 Å². The second kappa shape index (κ2) is 11.3. The average molecular weight is 517 g/mol. The van der Waals surface area contributed by atoms with E-state index in [2.05, 4.69) is 32.9 Å². The van der Waals surface area contributed by atoms with Crippen LogP contribution in [0.4, 0.5) is 9.18 Å². The summed E-state index contributed by atoms with van der Waals surface area (Å²) in [6.07, 6.45) is 1.22. The smallest absolute Gasteiger partial charge is 0.410 e. The molecule has 1 heterocycles. The highest BCUT2D eigenvalue weighted by atomic mass is 79.9. The molecule has 0 radical (unpaired) electrons. The van der Waals surface area contributed by atoms with E-state index in [1.54, 1.807) is 4.90 Å². The van der Waals surface area contributed by atoms with Crippen molar-refractivity contribution >= 4 is 28.0 Å². The Morgan fingerprint density at radius 2 is 1.88 bits per heavy atom. The summed E-state index contributed by atoms with van der Waals surface area (Å²) in [5.41, 5.74) is -0.381. The Morgan fingerprint density at radius 3 is 2.41 bits per heavy atom. The quantitative estimate of drug-likeness (QED) is 0.526. The molecule has 2 unspecified atom stereocenters. The lowest BCUT2D eigenvalue weighted by molar-refractivity contribution is 0.0170. The van der Waals surface area contributed by atoms with Crippen molar-refractivity contribution < 1.29 is 28.2 Å². The number of halogens is 2. The van der Waals surface area contributed by atoms with Crippen LogP contribution in [0, 0.1) is 11.7 Å². The van der Waals surface area contributed by atoms with Crippen molar-refractivity contribution in [3.8, 4) is 5.75 Å². The van der Waals surface area contributed by atoms with Crippen LogP contribution in [0.25, 0.3) is 0 Å². The van der Waals surface area contributed by atoms with E-state index in [1.807, 2.05) is 27.7 Å². The largest absolute Gasteiger partial charge is 0.485 e. The van der Waals surface area contributed by atoms with Crippen molar-refractivity contribution in [3.05, 3.63) is 28.0 Å². The van der Waals surface area contributed by atoms with Crippen molar-refractivity contribution in [2.75, 3.05) is 26.7 Å². The van der Waals surface area contributed by atoms with Gasteiger partial charge in [0.2, 0.25) is 0 Å². The van der Waals surface area contributed by atoms with E-state index in [4.69, 9.17) is 9.47 Å². The third-order valence-corrected chi connectivity index (χ3v) is 5.95. The van der Waals surface area contributed by atoms with E-state index in [0.29, 0.717) is 30.0 Å². The summed E-state index contributed by atoms with van der Waals surface area (Å²) in [5, 5.41) is 3.46. The van der Waals surface area contributed by atoms with Crippen molar-refractivity contribution in [2.24, 2.45) is 5.92 Å². The maximum Gasteiger partial charge on any atom is 0.410 e. The Labute approximate surface area is 198 Å². The summed E-state index contributed by atoms with van der Waals surface area (Å²) in [5.74, 6) is -0.763. The highest BCUT2D eigenvalue weighted by molar-refractivity contribution is 9.10. The van der Waals surface area contributed by atoms with Gasteiger partial charge in [-0.25, -0.2) is 14.0 Å². The van der Waals surface area contributed by atoms with Crippen molar-refractivity contribution in [1.82, 2.24) is 10.2 Å². The molecule has 0 aromatic heterocycles. The van der Waals surface area contributed by atoms with Gasteiger partial charge in [0.15, 0.2) is 11.6 Å². The molecule has 1 aromatic carbocycles. The average Bonchev–Trinajstić information content (AvgIpc) is 2.72. The van der Waals surface area contributed by atoms with Crippen LogP contribution in [0.3, 0.4) is 0 Å². The highest BCUT2D eigenvalue weighted by Crippen LogP contribution is 2.31. The summed E-state index contributed by atoms with van der Waals surface area (Å²) in [6.45, 7) is 11.4. The van der Waals surface area contributed by atoms with Gasteiger partial charge >= 0.3 is 12.1 Å². The number of nitrogens with zero attached hydrogens (tertiary/aromatic N) is 1. The minimum Gasteiger partial charge on any atom is -0.485 e. The van der Waals surface area contributed by atoms with E-state index in [-0.39, 0.29) is 29.6 Å². The van der Waals surface area contributed by atoms with Crippen molar-refractivity contribution in [1.29, 1.82) is 0 Å². The Balaban J connectivity index is 1.82. The van der Waals surface area contributed by atoms with E-state index in [1.165, 1.54) is 13.2 Å². The number of hydrogen-bond acceptors (Lipinski definition) is 6. The van der Waals surface area contributed by atoms with Gasteiger partial charge in [0.25, 0.3) is 0 Å². The zero-order valence-corrected chi connectivity index (χ0v) is 21.3. The third-order valence-electron chi connectivity index (χ3n) is 5.36. The first-order valence-electron chi connectivity index (χ1n) is 10.9. The molecule has 7 nitrogen and oxygen atoms in total. The zero-order chi connectivity index (χ0) is 24.1. The van der Waals surface area contributed by atoms with Crippen LogP contribution in [0.2, 0.25) is 0 Å². The standard InChI is InChI=1S/C23H34BrFN2O5/c1-14(31-20-18(24)11-17(12-19(20)25)21(28)30-6)13-26-15(2)16-7-9-27(10-8-16)22(29)32-23(3,4)5/h11-12,14-16,26H,7-10,13H2,1-6H3. The molecule has 2 atom stereocenters. The Bertz CT molecular complexity index is 783. The molecule has 1 saturated heterocycles. The monoisotopic (exact) mass is 516 g/mol. The topological polar surface area (TPSA) is 77.1 Å². The molecule has 0 spiro atoms. The summed E-state index contributed by atoms with van der Waals surface area (Å²) >= 11 is 3.27. The number of esters is 1. The fourth-order valence-corrected chi connectivity index (χ4v) is 4.11. The van der Waals surface area contributed by atoms with Gasteiger partial charge in [0.1, 0.15) is 11.7 Å². The van der Waals surface area contributed by atoms with Gasteiger partial charge in [-0.15, -0.1) is 0 Å². The second-order valence-electron chi connectivity index (χ2n) is 9.19. The fraction of sp³-hybridized carbons (Fsp3) is 0.652. The normalized spacial score (nSPS) is 16.9. The molecular formula is C23H34BrFN2O5. The van der Waals surface area contributed by atoms with E-state index >= 15 is 0 Å². The maximum atomic E-state index is 14.4. The molecule has 2 rings (SSSR count). The van der Waals surface area contributed by atoms with Crippen LogP contribution >= 0.6 is 15.9 Å². The van der Waals surface area contributed by atoms with Crippen LogP contribution < -0.4 is 10.1 Å². The number of ether oxygens (including phenoxy) is 3. The molecule has 1 fully saturated rings. The molecule has 9 heteroatoms. The zero-order valence-electron chi connectivity index (χ0n) is 19.7. The van der Waals surface area contributed by atoms with Crippen LogP contribution in [0.5, 0.6) is 5.75 Å². The van der Waals surface area contributed by atoms with Gasteiger partial charge in [-0.05, 0) is 81.4 Å². The predicted octanol–water partition coefficient (Wildman–Crippen LogP) is 4.77. The number of benzene rings is 1. The highest BCUT2D eigenvalue weighted by Gasteiger charge is 2.29. The molecular weight excluding hydrogens is 483 g/mol. The van der Waals surface area contributed by atoms with Gasteiger partial charge in [-0.1, -0.05) is 0 Å². The number of nitrogens with one attached hydrogen (secondary N) is 1. The van der Waals surface area contributed by atoms with Gasteiger partial charge in [0, 0.05) is 25.7 Å². The van der Waals surface area contributed by atoms with E-state index < -0.39 is 17.4 Å². The van der Waals surface area contributed by atoms with Gasteiger partial charge in [-0.3, -0.25) is 0 Å². The second-order valence-corrected chi connectivity index (χ2v) is 10.0. The molecule has 1 amide bonds. The molecule has 1 aliphatic rings. The molecule has 32 heavy (non-hydrogen) atoms. The molecule has 180 valence electrons. The molecule has 1 aliphatic heterocycles. The minimum atomic E-state index is -0.630. The summed E-state index contributed by atoms with van der Waals surface area (Å²) < 4.78 is 30.6. The van der Waals surface area contributed by atoms with Gasteiger partial charge in [0.05, 0.1) is 17.1 Å². The Hall–Kier alpha value is -1.87. The predicted molar refractivity (Wildman–Crippen MR) is 124 cm³/mol. The van der Waals surface area contributed by atoms with E-state index in [0.717, 1.165) is 18.9 Å². The van der Waals surface area contributed by atoms with E-state index in [9.17, 15) is 14.0 Å². The number of likely N-dealkylation sites (tertiary alicyclic amines) is 1. The molecule has 1 N–H and O–H groups in total. The van der Waals surface area contributed by atoms with Gasteiger partial charge in [-0.2, -0.15) is 0 Å². The number of carbonyl (C=O) groups excluding carboxylic acids is 2. The van der Waals surface area contributed by atoms with Crippen LogP contribution in [0.1, 0.15) is 57.8 Å². The van der Waals surface area contributed by atoms with Crippen molar-refractivity contribution in [2.45, 2.75) is 65.2 Å². The maximum absolute atomic E-state index is 14.4. The number of rotatable bonds is 7. The number of methoxy groups -OCH3 is 1. The Kier molecular flexibility index (Phi) is 9.33. The lowest BCUT2D eigenvalue weighted by Gasteiger charge is -2.36. The van der Waals surface area contributed by atoms with Crippen LogP contribution in [-0.4, -0.2) is 61.5 Å². The fourth-order valence-electron chi connectivity index (χ4n) is 3.58. The summed E-state index contributed by atoms with van der Waals surface area (Å²) in [7, 11) is 1.24. The third kappa shape index (κ3) is 7.62. The van der Waals surface area contributed by atoms with Crippen LogP contribution in [0.15, 0.2) is 16.6 Å². The first kappa shape index (κ1) is 26.4. The number of amides is 1. The SMILES string of the molecule is COC(=O)c1cc(F)c(OC(C)CNC(C)C2CCN(C(=O)OC(C)(C)C)CC2)c(Br)c1. The first-order valence-corrected chi connectivity index (χ1v) is 11.7. The summed E-state index contributed by atoms with van der Waals surface area (Å²) in [4.78, 5) is 25.6. The Morgan fingerprint density at radius 1 is 1.25 bits per heavy atom. The first-order chi connectivity index (χ1) is 14.9. The number of hydrogen-bond donors (Lipinski definition) is 1. The molecule has 1 aromatic rings. The molecule has 0 bridgehead atoms.